The lowest BCUT2D eigenvalue weighted by Gasteiger charge is -2.18. The van der Waals surface area contributed by atoms with Crippen LogP contribution in [0.15, 0.2) is 0 Å². The largest absolute Gasteiger partial charge is 0.392 e. The lowest BCUT2D eigenvalue weighted by Crippen LogP contribution is -2.38. The van der Waals surface area contributed by atoms with Gasteiger partial charge in [-0.05, 0) is 13.5 Å². The zero-order chi connectivity index (χ0) is 9.56. The van der Waals surface area contributed by atoms with E-state index in [9.17, 15) is 4.79 Å². The van der Waals surface area contributed by atoms with Crippen LogP contribution in [0.25, 0.3) is 0 Å². The highest BCUT2D eigenvalue weighted by molar-refractivity contribution is 5.77. The molecule has 0 aromatic heterocycles. The molecule has 0 fully saturated rings. The summed E-state index contributed by atoms with van der Waals surface area (Å²) in [5, 5.41) is 11.9. The first-order chi connectivity index (χ1) is 5.57. The Kier molecular flexibility index (Phi) is 5.66. The summed E-state index contributed by atoms with van der Waals surface area (Å²) in [6.45, 7) is 5.14. The first-order valence-electron chi connectivity index (χ1n) is 4.20. The van der Waals surface area contributed by atoms with Crippen LogP contribution in [0, 0.1) is 0 Å². The summed E-state index contributed by atoms with van der Waals surface area (Å²) in [7, 11) is 1.69. The number of carbonyl (C=O) groups is 1. The highest BCUT2D eigenvalue weighted by Gasteiger charge is 2.09. The van der Waals surface area contributed by atoms with Crippen molar-refractivity contribution in [3.63, 3.8) is 0 Å². The summed E-state index contributed by atoms with van der Waals surface area (Å²) in [5.74, 6) is 0.0118. The molecule has 0 aromatic rings. The van der Waals surface area contributed by atoms with Crippen molar-refractivity contribution in [2.45, 2.75) is 20.0 Å². The molecule has 2 N–H and O–H groups in total. The van der Waals surface area contributed by atoms with Gasteiger partial charge in [0.25, 0.3) is 0 Å². The van der Waals surface area contributed by atoms with Crippen LogP contribution in [-0.4, -0.2) is 48.7 Å². The summed E-state index contributed by atoms with van der Waals surface area (Å²) in [5.41, 5.74) is 0. The van der Waals surface area contributed by atoms with Crippen molar-refractivity contribution in [2.24, 2.45) is 0 Å². The number of rotatable bonds is 5. The molecular weight excluding hydrogens is 156 g/mol. The lowest BCUT2D eigenvalue weighted by molar-refractivity contribution is -0.130. The Labute approximate surface area is 73.6 Å². The smallest absolute Gasteiger partial charge is 0.236 e. The van der Waals surface area contributed by atoms with Gasteiger partial charge in [-0.15, -0.1) is 0 Å². The maximum atomic E-state index is 11.2. The number of amides is 1. The standard InChI is InChI=1S/C8H18N2O2/c1-4-9-5-8(12)10(3)6-7(2)11/h7,9,11H,4-6H2,1-3H3. The van der Waals surface area contributed by atoms with Crippen molar-refractivity contribution in [2.75, 3.05) is 26.7 Å². The molecule has 4 heteroatoms. The van der Waals surface area contributed by atoms with Crippen molar-refractivity contribution in [3.8, 4) is 0 Å². The molecule has 0 saturated carbocycles. The van der Waals surface area contributed by atoms with Crippen molar-refractivity contribution < 1.29 is 9.90 Å². The molecule has 0 aliphatic carbocycles. The molecule has 0 aliphatic heterocycles. The molecule has 0 spiro atoms. The number of likely N-dealkylation sites (N-methyl/N-ethyl adjacent to an activating group) is 2. The quantitative estimate of drug-likeness (QED) is 0.587. The minimum atomic E-state index is -0.458. The highest BCUT2D eigenvalue weighted by atomic mass is 16.3. The molecule has 0 heterocycles. The molecule has 72 valence electrons. The third kappa shape index (κ3) is 5.09. The van der Waals surface area contributed by atoms with E-state index in [1.165, 1.54) is 4.90 Å². The van der Waals surface area contributed by atoms with Gasteiger partial charge in [0, 0.05) is 13.6 Å². The van der Waals surface area contributed by atoms with Gasteiger partial charge in [0.2, 0.25) is 5.91 Å². The van der Waals surface area contributed by atoms with Crippen LogP contribution in [0.2, 0.25) is 0 Å². The van der Waals surface area contributed by atoms with Gasteiger partial charge >= 0.3 is 0 Å². The fourth-order valence-corrected chi connectivity index (χ4v) is 0.865. The average molecular weight is 174 g/mol. The number of aliphatic hydroxyl groups is 1. The van der Waals surface area contributed by atoms with Crippen LogP contribution in [0.4, 0.5) is 0 Å². The molecule has 0 rings (SSSR count). The second-order valence-electron chi connectivity index (χ2n) is 2.90. The van der Waals surface area contributed by atoms with Gasteiger partial charge < -0.3 is 15.3 Å². The summed E-state index contributed by atoms with van der Waals surface area (Å²) < 4.78 is 0. The molecule has 4 nitrogen and oxygen atoms in total. The summed E-state index contributed by atoms with van der Waals surface area (Å²) in [4.78, 5) is 12.7. The SMILES string of the molecule is CCNCC(=O)N(C)CC(C)O. The van der Waals surface area contributed by atoms with Gasteiger partial charge in [-0.1, -0.05) is 6.92 Å². The molecule has 1 atom stereocenters. The maximum absolute atomic E-state index is 11.2. The van der Waals surface area contributed by atoms with Crippen LogP contribution in [0.1, 0.15) is 13.8 Å². The molecule has 0 bridgehead atoms. The van der Waals surface area contributed by atoms with Gasteiger partial charge in [-0.3, -0.25) is 4.79 Å². The van der Waals surface area contributed by atoms with Gasteiger partial charge in [0.1, 0.15) is 0 Å². The Hall–Kier alpha value is -0.610. The number of nitrogens with zero attached hydrogens (tertiary/aromatic N) is 1. The maximum Gasteiger partial charge on any atom is 0.236 e. The van der Waals surface area contributed by atoms with E-state index >= 15 is 0 Å². The number of hydrogen-bond donors (Lipinski definition) is 2. The molecule has 0 aromatic carbocycles. The molecule has 0 radical (unpaired) electrons. The normalized spacial score (nSPS) is 12.7. The second kappa shape index (κ2) is 5.97. The number of carbonyl (C=O) groups excluding carboxylic acids is 1. The Morgan fingerprint density at radius 3 is 2.67 bits per heavy atom. The molecule has 12 heavy (non-hydrogen) atoms. The zero-order valence-corrected chi connectivity index (χ0v) is 8.00. The first-order valence-corrected chi connectivity index (χ1v) is 4.20. The van der Waals surface area contributed by atoms with Gasteiger partial charge in [-0.25, -0.2) is 0 Å². The minimum absolute atomic E-state index is 0.0118. The highest BCUT2D eigenvalue weighted by Crippen LogP contribution is 1.87. The Balaban J connectivity index is 3.61. The van der Waals surface area contributed by atoms with E-state index in [1.54, 1.807) is 14.0 Å². The van der Waals surface area contributed by atoms with E-state index in [4.69, 9.17) is 5.11 Å². The van der Waals surface area contributed by atoms with E-state index in [1.807, 2.05) is 6.92 Å². The van der Waals surface area contributed by atoms with Crippen LogP contribution >= 0.6 is 0 Å². The Morgan fingerprint density at radius 2 is 2.25 bits per heavy atom. The summed E-state index contributed by atoms with van der Waals surface area (Å²) >= 11 is 0. The molecule has 0 aliphatic rings. The van der Waals surface area contributed by atoms with E-state index in [2.05, 4.69) is 5.32 Å². The minimum Gasteiger partial charge on any atom is -0.392 e. The van der Waals surface area contributed by atoms with Crippen LogP contribution in [0.3, 0.4) is 0 Å². The fraction of sp³-hybridized carbons (Fsp3) is 0.875. The summed E-state index contributed by atoms with van der Waals surface area (Å²) in [6.07, 6.45) is -0.458. The first kappa shape index (κ1) is 11.4. The van der Waals surface area contributed by atoms with Crippen molar-refractivity contribution in [1.82, 2.24) is 10.2 Å². The topological polar surface area (TPSA) is 52.6 Å². The van der Waals surface area contributed by atoms with E-state index in [-0.39, 0.29) is 5.91 Å². The molecule has 1 amide bonds. The zero-order valence-electron chi connectivity index (χ0n) is 8.00. The molecular formula is C8H18N2O2. The molecule has 1 unspecified atom stereocenters. The predicted octanol–water partition coefficient (Wildman–Crippen LogP) is -0.565. The van der Waals surface area contributed by atoms with Crippen molar-refractivity contribution >= 4 is 5.91 Å². The van der Waals surface area contributed by atoms with Gasteiger partial charge in [0.05, 0.1) is 12.6 Å². The van der Waals surface area contributed by atoms with Gasteiger partial charge in [-0.2, -0.15) is 0 Å². The average Bonchev–Trinajstić information content (AvgIpc) is 1.98. The van der Waals surface area contributed by atoms with Crippen molar-refractivity contribution in [1.29, 1.82) is 0 Å². The number of nitrogens with one attached hydrogen (secondary N) is 1. The van der Waals surface area contributed by atoms with Crippen LogP contribution in [0.5, 0.6) is 0 Å². The van der Waals surface area contributed by atoms with Crippen LogP contribution in [-0.2, 0) is 4.79 Å². The Morgan fingerprint density at radius 1 is 1.67 bits per heavy atom. The molecule has 0 saturated heterocycles. The van der Waals surface area contributed by atoms with Crippen molar-refractivity contribution in [3.05, 3.63) is 0 Å². The predicted molar refractivity (Wildman–Crippen MR) is 47.9 cm³/mol. The third-order valence-corrected chi connectivity index (χ3v) is 1.49. The lowest BCUT2D eigenvalue weighted by atomic mass is 10.3. The fourth-order valence-electron chi connectivity index (χ4n) is 0.865. The van der Waals surface area contributed by atoms with E-state index in [0.29, 0.717) is 13.1 Å². The van der Waals surface area contributed by atoms with Gasteiger partial charge in [0.15, 0.2) is 0 Å². The summed E-state index contributed by atoms with van der Waals surface area (Å²) in [6, 6.07) is 0. The second-order valence-corrected chi connectivity index (χ2v) is 2.90. The van der Waals surface area contributed by atoms with Crippen LogP contribution < -0.4 is 5.32 Å². The van der Waals surface area contributed by atoms with E-state index in [0.717, 1.165) is 6.54 Å². The number of hydrogen-bond acceptors (Lipinski definition) is 3. The van der Waals surface area contributed by atoms with E-state index < -0.39 is 6.10 Å². The third-order valence-electron chi connectivity index (χ3n) is 1.49. The Bertz CT molecular complexity index is 137. The monoisotopic (exact) mass is 174 g/mol. The number of aliphatic hydroxyl groups excluding tert-OH is 1.